The second kappa shape index (κ2) is 5.89. The molecule has 0 fully saturated rings. The molecule has 0 aliphatic rings. The summed E-state index contributed by atoms with van der Waals surface area (Å²) in [6, 6.07) is 0. The fourth-order valence-electron chi connectivity index (χ4n) is 1.08. The molecule has 0 bridgehead atoms. The summed E-state index contributed by atoms with van der Waals surface area (Å²) in [4.78, 5) is 10.9. The van der Waals surface area contributed by atoms with Gasteiger partial charge in [-0.15, -0.1) is 0 Å². The third kappa shape index (κ3) is 5.16. The fraction of sp³-hybridized carbons (Fsp3) is 0.700. The minimum absolute atomic E-state index is 0.126. The number of alkyl halides is 3. The Labute approximate surface area is 91.9 Å². The van der Waals surface area contributed by atoms with Gasteiger partial charge in [0.2, 0.25) is 0 Å². The molecule has 2 atom stereocenters. The van der Waals surface area contributed by atoms with Gasteiger partial charge in [0.25, 0.3) is 0 Å². The van der Waals surface area contributed by atoms with Gasteiger partial charge in [-0.2, -0.15) is 13.2 Å². The average Bonchev–Trinajstić information content (AvgIpc) is 2.08. The van der Waals surface area contributed by atoms with E-state index in [4.69, 9.17) is 5.11 Å². The quantitative estimate of drug-likeness (QED) is 0.591. The van der Waals surface area contributed by atoms with Crippen LogP contribution in [0.15, 0.2) is 12.2 Å². The summed E-state index contributed by atoms with van der Waals surface area (Å²) in [5, 5.41) is 8.94. The van der Waals surface area contributed by atoms with Crippen LogP contribution in [-0.4, -0.2) is 30.0 Å². The van der Waals surface area contributed by atoms with E-state index in [-0.39, 0.29) is 12.2 Å². The maximum Gasteiger partial charge on any atom is 0.394 e. The summed E-state index contributed by atoms with van der Waals surface area (Å²) >= 11 is 0. The molecule has 0 aromatic carbocycles. The Morgan fingerprint density at radius 3 is 2.31 bits per heavy atom. The molecule has 1 N–H and O–H groups in total. The Hall–Kier alpha value is -1.04. The topological polar surface area (TPSA) is 46.5 Å². The van der Waals surface area contributed by atoms with Gasteiger partial charge >= 0.3 is 12.1 Å². The van der Waals surface area contributed by atoms with Crippen LogP contribution in [0, 0.1) is 5.92 Å². The van der Waals surface area contributed by atoms with E-state index in [1.54, 1.807) is 0 Å². The van der Waals surface area contributed by atoms with Crippen molar-refractivity contribution in [3.05, 3.63) is 12.2 Å². The highest BCUT2D eigenvalue weighted by atomic mass is 19.4. The van der Waals surface area contributed by atoms with Crippen molar-refractivity contribution in [3.63, 3.8) is 0 Å². The normalized spacial score (nSPS) is 15.4. The van der Waals surface area contributed by atoms with Crippen LogP contribution in [0.4, 0.5) is 13.2 Å². The van der Waals surface area contributed by atoms with Crippen LogP contribution in [0.25, 0.3) is 0 Å². The molecule has 0 heterocycles. The summed E-state index contributed by atoms with van der Waals surface area (Å²) in [6.07, 6.45) is -6.48. The second-order valence-electron chi connectivity index (χ2n) is 3.59. The lowest BCUT2D eigenvalue weighted by Gasteiger charge is -2.22. The number of carbonyl (C=O) groups is 1. The van der Waals surface area contributed by atoms with E-state index in [2.05, 4.69) is 11.3 Å². The molecular formula is C10H15F3O3. The van der Waals surface area contributed by atoms with Crippen molar-refractivity contribution in [2.45, 2.75) is 32.5 Å². The number of carbonyl (C=O) groups excluding carboxylic acids is 1. The monoisotopic (exact) mass is 240 g/mol. The largest absolute Gasteiger partial charge is 0.462 e. The maximum atomic E-state index is 12.3. The Morgan fingerprint density at radius 1 is 1.50 bits per heavy atom. The number of halogens is 3. The van der Waals surface area contributed by atoms with Crippen molar-refractivity contribution in [3.8, 4) is 0 Å². The number of aliphatic hydroxyl groups is 1. The minimum Gasteiger partial charge on any atom is -0.462 e. The van der Waals surface area contributed by atoms with E-state index in [0.29, 0.717) is 0 Å². The first-order valence-corrected chi connectivity index (χ1v) is 4.73. The molecule has 0 aliphatic carbocycles. The van der Waals surface area contributed by atoms with E-state index < -0.39 is 30.6 Å². The fourth-order valence-corrected chi connectivity index (χ4v) is 1.08. The summed E-state index contributed by atoms with van der Waals surface area (Å²) < 4.78 is 41.5. The Balaban J connectivity index is 4.15. The molecule has 0 saturated heterocycles. The summed E-state index contributed by atoms with van der Waals surface area (Å²) in [6.45, 7) is 5.36. The van der Waals surface area contributed by atoms with Crippen molar-refractivity contribution in [1.29, 1.82) is 0 Å². The number of aliphatic hydroxyl groups excluding tert-OH is 1. The van der Waals surface area contributed by atoms with Gasteiger partial charge < -0.3 is 9.84 Å². The highest BCUT2D eigenvalue weighted by Crippen LogP contribution is 2.31. The number of rotatable bonds is 5. The molecule has 0 saturated carbocycles. The van der Waals surface area contributed by atoms with Crippen molar-refractivity contribution < 1.29 is 27.8 Å². The summed E-state index contributed by atoms with van der Waals surface area (Å²) in [5.41, 5.74) is 0.126. The SMILES string of the molecule is C=C(C)C(=O)OCCC(C(C)O)C(F)(F)F. The van der Waals surface area contributed by atoms with Crippen LogP contribution in [0.3, 0.4) is 0 Å². The van der Waals surface area contributed by atoms with Crippen molar-refractivity contribution in [1.82, 2.24) is 0 Å². The first kappa shape index (κ1) is 15.0. The third-order valence-electron chi connectivity index (χ3n) is 2.01. The van der Waals surface area contributed by atoms with Crippen LogP contribution >= 0.6 is 0 Å². The first-order valence-electron chi connectivity index (χ1n) is 4.73. The predicted octanol–water partition coefficient (Wildman–Crippen LogP) is 2.06. The molecule has 0 aromatic rings. The van der Waals surface area contributed by atoms with Crippen molar-refractivity contribution in [2.24, 2.45) is 5.92 Å². The molecule has 0 amide bonds. The Kier molecular flexibility index (Phi) is 5.50. The van der Waals surface area contributed by atoms with Crippen LogP contribution in [-0.2, 0) is 9.53 Å². The number of hydrogen-bond donors (Lipinski definition) is 1. The lowest BCUT2D eigenvalue weighted by atomic mass is 10.00. The lowest BCUT2D eigenvalue weighted by Crippen LogP contribution is -2.33. The first-order chi connectivity index (χ1) is 7.16. The van der Waals surface area contributed by atoms with Gasteiger partial charge in [0, 0.05) is 5.57 Å². The Bertz CT molecular complexity index is 259. The molecule has 94 valence electrons. The predicted molar refractivity (Wildman–Crippen MR) is 51.6 cm³/mol. The van der Waals surface area contributed by atoms with Gasteiger partial charge in [0.05, 0.1) is 18.6 Å². The summed E-state index contributed by atoms with van der Waals surface area (Å²) in [7, 11) is 0. The molecule has 0 rings (SSSR count). The molecule has 0 spiro atoms. The second-order valence-corrected chi connectivity index (χ2v) is 3.59. The van der Waals surface area contributed by atoms with E-state index in [1.165, 1.54) is 6.92 Å². The zero-order valence-corrected chi connectivity index (χ0v) is 9.17. The van der Waals surface area contributed by atoms with Gasteiger partial charge in [0.15, 0.2) is 0 Å². The van der Waals surface area contributed by atoms with Crippen LogP contribution < -0.4 is 0 Å². The van der Waals surface area contributed by atoms with Gasteiger partial charge in [-0.3, -0.25) is 0 Å². The zero-order chi connectivity index (χ0) is 12.9. The number of ether oxygens (including phenoxy) is 1. The number of esters is 1. The molecule has 0 aliphatic heterocycles. The maximum absolute atomic E-state index is 12.3. The molecule has 2 unspecified atom stereocenters. The molecule has 6 heteroatoms. The molecule has 0 aromatic heterocycles. The van der Waals surface area contributed by atoms with Gasteiger partial charge in [0.1, 0.15) is 0 Å². The minimum atomic E-state index is -4.50. The highest BCUT2D eigenvalue weighted by molar-refractivity contribution is 5.86. The number of hydrogen-bond acceptors (Lipinski definition) is 3. The smallest absolute Gasteiger partial charge is 0.394 e. The zero-order valence-electron chi connectivity index (χ0n) is 9.17. The van der Waals surface area contributed by atoms with Crippen molar-refractivity contribution in [2.75, 3.05) is 6.61 Å². The van der Waals surface area contributed by atoms with E-state index in [0.717, 1.165) is 6.92 Å². The van der Waals surface area contributed by atoms with Crippen LogP contribution in [0.1, 0.15) is 20.3 Å². The van der Waals surface area contributed by atoms with Gasteiger partial charge in [-0.1, -0.05) is 6.58 Å². The standard InChI is InChI=1S/C10H15F3O3/c1-6(2)9(15)16-5-4-8(7(3)14)10(11,12)13/h7-8,14H,1,4-5H2,2-3H3. The molecular weight excluding hydrogens is 225 g/mol. The van der Waals surface area contributed by atoms with E-state index in [1.807, 2.05) is 0 Å². The summed E-state index contributed by atoms with van der Waals surface area (Å²) in [5.74, 6) is -2.61. The molecule has 0 radical (unpaired) electrons. The molecule has 16 heavy (non-hydrogen) atoms. The van der Waals surface area contributed by atoms with Crippen LogP contribution in [0.2, 0.25) is 0 Å². The third-order valence-corrected chi connectivity index (χ3v) is 2.01. The Morgan fingerprint density at radius 2 is 2.00 bits per heavy atom. The average molecular weight is 240 g/mol. The van der Waals surface area contributed by atoms with E-state index in [9.17, 15) is 18.0 Å². The van der Waals surface area contributed by atoms with Crippen LogP contribution in [0.5, 0.6) is 0 Å². The highest BCUT2D eigenvalue weighted by Gasteiger charge is 2.42. The van der Waals surface area contributed by atoms with Gasteiger partial charge in [-0.25, -0.2) is 4.79 Å². The van der Waals surface area contributed by atoms with Gasteiger partial charge in [-0.05, 0) is 20.3 Å². The van der Waals surface area contributed by atoms with E-state index >= 15 is 0 Å². The lowest BCUT2D eigenvalue weighted by molar-refractivity contribution is -0.202. The van der Waals surface area contributed by atoms with Crippen molar-refractivity contribution >= 4 is 5.97 Å². The molecule has 3 nitrogen and oxygen atoms in total.